The van der Waals surface area contributed by atoms with Crippen molar-refractivity contribution in [3.05, 3.63) is 57.1 Å². The Balaban J connectivity index is 1.66. The first kappa shape index (κ1) is 17.9. The molecular formula is C19H19Cl2NO3. The third-order valence-corrected chi connectivity index (χ3v) is 4.39. The molecule has 0 saturated heterocycles. The Morgan fingerprint density at radius 3 is 2.40 bits per heavy atom. The first-order chi connectivity index (χ1) is 12.1. The fraction of sp³-hybridized carbons (Fsp3) is 0.263. The van der Waals surface area contributed by atoms with Gasteiger partial charge < -0.3 is 19.5 Å². The summed E-state index contributed by atoms with van der Waals surface area (Å²) in [4.78, 5) is 0. The van der Waals surface area contributed by atoms with Crippen LogP contribution in [-0.2, 0) is 6.54 Å². The summed E-state index contributed by atoms with van der Waals surface area (Å²) < 4.78 is 16.3. The second kappa shape index (κ2) is 8.00. The molecule has 1 aliphatic heterocycles. The van der Waals surface area contributed by atoms with Crippen molar-refractivity contribution in [1.82, 2.24) is 5.32 Å². The summed E-state index contributed by atoms with van der Waals surface area (Å²) in [7, 11) is 3.29. The van der Waals surface area contributed by atoms with Crippen LogP contribution in [0.15, 0.2) is 35.9 Å². The molecule has 0 aliphatic carbocycles. The number of fused-ring (bicyclic) bond motifs is 1. The lowest BCUT2D eigenvalue weighted by atomic mass is 10.1. The van der Waals surface area contributed by atoms with Crippen molar-refractivity contribution in [2.24, 2.45) is 0 Å². The van der Waals surface area contributed by atoms with Gasteiger partial charge in [-0.15, -0.1) is 0 Å². The monoisotopic (exact) mass is 379 g/mol. The van der Waals surface area contributed by atoms with Crippen molar-refractivity contribution < 1.29 is 14.2 Å². The average molecular weight is 380 g/mol. The third-order valence-electron chi connectivity index (χ3n) is 3.89. The summed E-state index contributed by atoms with van der Waals surface area (Å²) in [5.41, 5.74) is 3.12. The molecule has 0 radical (unpaired) electrons. The highest BCUT2D eigenvalue weighted by molar-refractivity contribution is 6.36. The van der Waals surface area contributed by atoms with Crippen LogP contribution in [0.2, 0.25) is 10.0 Å². The lowest BCUT2D eigenvalue weighted by Gasteiger charge is -2.20. The molecule has 6 heteroatoms. The first-order valence-electron chi connectivity index (χ1n) is 7.83. The summed E-state index contributed by atoms with van der Waals surface area (Å²) in [6, 6.07) is 9.36. The molecule has 3 rings (SSSR count). The molecule has 0 aromatic heterocycles. The number of benzene rings is 2. The predicted octanol–water partition coefficient (Wildman–Crippen LogP) is 4.58. The molecule has 0 spiro atoms. The van der Waals surface area contributed by atoms with Gasteiger partial charge in [0.05, 0.1) is 19.2 Å². The van der Waals surface area contributed by atoms with Crippen molar-refractivity contribution in [3.8, 4) is 17.2 Å². The average Bonchev–Trinajstić information content (AvgIpc) is 2.61. The van der Waals surface area contributed by atoms with E-state index in [0.717, 1.165) is 28.2 Å². The minimum atomic E-state index is 0.503. The Morgan fingerprint density at radius 1 is 1.00 bits per heavy atom. The lowest BCUT2D eigenvalue weighted by molar-refractivity contribution is 0.343. The fourth-order valence-corrected chi connectivity index (χ4v) is 3.27. The third kappa shape index (κ3) is 4.40. The van der Waals surface area contributed by atoms with Gasteiger partial charge in [0.15, 0.2) is 0 Å². The molecule has 0 fully saturated rings. The van der Waals surface area contributed by atoms with E-state index in [-0.39, 0.29) is 0 Å². The summed E-state index contributed by atoms with van der Waals surface area (Å²) >= 11 is 12.2. The van der Waals surface area contributed by atoms with Crippen LogP contribution in [0.5, 0.6) is 17.2 Å². The van der Waals surface area contributed by atoms with Crippen LogP contribution >= 0.6 is 23.2 Å². The van der Waals surface area contributed by atoms with E-state index < -0.39 is 0 Å². The van der Waals surface area contributed by atoms with E-state index in [2.05, 4.69) is 11.4 Å². The molecule has 4 nitrogen and oxygen atoms in total. The smallest absolute Gasteiger partial charge is 0.145 e. The molecule has 0 amide bonds. The van der Waals surface area contributed by atoms with Crippen LogP contribution in [-0.4, -0.2) is 27.4 Å². The van der Waals surface area contributed by atoms with Gasteiger partial charge in [0.1, 0.15) is 23.9 Å². The number of hydrogen-bond donors (Lipinski definition) is 1. The molecule has 2 aromatic rings. The highest BCUT2D eigenvalue weighted by atomic mass is 35.5. The van der Waals surface area contributed by atoms with Gasteiger partial charge in [0.25, 0.3) is 0 Å². The Labute approximate surface area is 157 Å². The summed E-state index contributed by atoms with van der Waals surface area (Å²) in [5.74, 6) is 2.23. The van der Waals surface area contributed by atoms with Gasteiger partial charge >= 0.3 is 0 Å². The lowest BCUT2D eigenvalue weighted by Crippen LogP contribution is -2.21. The summed E-state index contributed by atoms with van der Waals surface area (Å²) in [6.45, 7) is 1.89. The van der Waals surface area contributed by atoms with Gasteiger partial charge in [-0.05, 0) is 41.5 Å². The number of ether oxygens (including phenoxy) is 3. The van der Waals surface area contributed by atoms with Crippen LogP contribution in [0.3, 0.4) is 0 Å². The molecule has 2 aromatic carbocycles. The van der Waals surface area contributed by atoms with E-state index in [1.165, 1.54) is 0 Å². The van der Waals surface area contributed by atoms with Gasteiger partial charge in [-0.2, -0.15) is 0 Å². The fourth-order valence-electron chi connectivity index (χ4n) is 2.70. The number of halogens is 2. The van der Waals surface area contributed by atoms with Crippen molar-refractivity contribution in [1.29, 1.82) is 0 Å². The Morgan fingerprint density at radius 2 is 1.72 bits per heavy atom. The maximum atomic E-state index is 6.16. The molecule has 25 heavy (non-hydrogen) atoms. The van der Waals surface area contributed by atoms with Crippen LogP contribution in [0.4, 0.5) is 0 Å². The van der Waals surface area contributed by atoms with Gasteiger partial charge in [-0.25, -0.2) is 0 Å². The summed E-state index contributed by atoms with van der Waals surface area (Å²) in [5, 5.41) is 4.54. The zero-order valence-electron chi connectivity index (χ0n) is 14.1. The van der Waals surface area contributed by atoms with Gasteiger partial charge in [0.2, 0.25) is 0 Å². The molecule has 0 unspecified atom stereocenters. The summed E-state index contributed by atoms with van der Waals surface area (Å²) in [6.07, 6.45) is 2.07. The number of rotatable bonds is 6. The van der Waals surface area contributed by atoms with Crippen LogP contribution in [0.25, 0.3) is 6.08 Å². The minimum absolute atomic E-state index is 0.503. The Bertz CT molecular complexity index is 783. The van der Waals surface area contributed by atoms with E-state index in [4.69, 9.17) is 37.4 Å². The van der Waals surface area contributed by atoms with E-state index in [1.54, 1.807) is 20.3 Å². The number of nitrogens with one attached hydrogen (secondary N) is 1. The van der Waals surface area contributed by atoms with Crippen molar-refractivity contribution in [3.63, 3.8) is 0 Å². The largest absolute Gasteiger partial charge is 0.497 e. The van der Waals surface area contributed by atoms with E-state index in [0.29, 0.717) is 35.5 Å². The zero-order valence-corrected chi connectivity index (χ0v) is 15.6. The molecule has 0 saturated carbocycles. The highest BCUT2D eigenvalue weighted by Gasteiger charge is 2.15. The number of hydrogen-bond acceptors (Lipinski definition) is 4. The highest BCUT2D eigenvalue weighted by Crippen LogP contribution is 2.36. The minimum Gasteiger partial charge on any atom is -0.497 e. The Kier molecular flexibility index (Phi) is 5.74. The SMILES string of the molecule is COc1cc(CNCC2=Cc3cc(Cl)cc(Cl)c3OC2)cc(OC)c1. The maximum Gasteiger partial charge on any atom is 0.145 e. The van der Waals surface area contributed by atoms with Gasteiger partial charge in [-0.3, -0.25) is 0 Å². The zero-order chi connectivity index (χ0) is 17.8. The second-order valence-corrected chi connectivity index (χ2v) is 6.57. The molecule has 0 bridgehead atoms. The van der Waals surface area contributed by atoms with Crippen molar-refractivity contribution >= 4 is 29.3 Å². The van der Waals surface area contributed by atoms with E-state index in [9.17, 15) is 0 Å². The normalized spacial score (nSPS) is 12.9. The van der Waals surface area contributed by atoms with Crippen molar-refractivity contribution in [2.45, 2.75) is 6.54 Å². The van der Waals surface area contributed by atoms with Crippen LogP contribution < -0.4 is 19.5 Å². The quantitative estimate of drug-likeness (QED) is 0.797. The molecule has 1 aliphatic rings. The molecule has 132 valence electrons. The molecule has 1 heterocycles. The van der Waals surface area contributed by atoms with Crippen LogP contribution in [0, 0.1) is 0 Å². The van der Waals surface area contributed by atoms with Crippen molar-refractivity contribution in [2.75, 3.05) is 27.4 Å². The second-order valence-electron chi connectivity index (χ2n) is 5.72. The Hall–Kier alpha value is -1.88. The first-order valence-corrected chi connectivity index (χ1v) is 8.58. The predicted molar refractivity (Wildman–Crippen MR) is 101 cm³/mol. The molecular weight excluding hydrogens is 361 g/mol. The molecule has 0 atom stereocenters. The van der Waals surface area contributed by atoms with Gasteiger partial charge in [0, 0.05) is 29.7 Å². The van der Waals surface area contributed by atoms with E-state index in [1.807, 2.05) is 24.3 Å². The van der Waals surface area contributed by atoms with E-state index >= 15 is 0 Å². The number of methoxy groups -OCH3 is 2. The topological polar surface area (TPSA) is 39.7 Å². The maximum absolute atomic E-state index is 6.16. The standard InChI is InChI=1S/C19H19Cl2NO3/c1-23-16-4-12(5-17(8-16)24-2)9-22-10-13-3-14-6-15(20)7-18(21)19(14)25-11-13/h3-8,22H,9-11H2,1-2H3. The molecule has 1 N–H and O–H groups in total. The van der Waals surface area contributed by atoms with Gasteiger partial charge in [-0.1, -0.05) is 23.2 Å². The van der Waals surface area contributed by atoms with Crippen LogP contribution in [0.1, 0.15) is 11.1 Å².